The Hall–Kier alpha value is -0.720. The number of hydrogen-bond donors (Lipinski definition) is 1. The average Bonchev–Trinajstić information content (AvgIpc) is 1.88. The first-order valence-corrected chi connectivity index (χ1v) is 3.82. The third-order valence-corrected chi connectivity index (χ3v) is 1.77. The van der Waals surface area contributed by atoms with Gasteiger partial charge in [0.1, 0.15) is 0 Å². The highest BCUT2D eigenvalue weighted by Crippen LogP contribution is 2.14. The molecule has 0 amide bonds. The first-order valence-electron chi connectivity index (χ1n) is 3.82. The Bertz CT molecular complexity index is 175. The third-order valence-electron chi connectivity index (χ3n) is 1.77. The zero-order valence-electron chi connectivity index (χ0n) is 6.94. The Kier molecular flexibility index (Phi) is 2.15. The molecule has 0 aromatic heterocycles. The quantitative estimate of drug-likeness (QED) is 0.583. The lowest BCUT2D eigenvalue weighted by Gasteiger charge is -2.15. The zero-order chi connectivity index (χ0) is 7.56. The smallest absolute Gasteiger partial charge is 0.0333 e. The second-order valence-electron chi connectivity index (χ2n) is 3.07. The van der Waals surface area contributed by atoms with Crippen molar-refractivity contribution >= 4 is 0 Å². The lowest BCUT2D eigenvalue weighted by Crippen LogP contribution is -2.16. The minimum absolute atomic E-state index is 0.664. The summed E-state index contributed by atoms with van der Waals surface area (Å²) in [5.74, 6) is 0.664. The third kappa shape index (κ3) is 1.63. The molecule has 0 radical (unpaired) electrons. The Morgan fingerprint density at radius 3 is 2.60 bits per heavy atom. The molecule has 1 heteroatoms. The van der Waals surface area contributed by atoms with E-state index in [1.165, 1.54) is 11.3 Å². The minimum atomic E-state index is 0.664. The van der Waals surface area contributed by atoms with Crippen molar-refractivity contribution in [2.24, 2.45) is 5.92 Å². The summed E-state index contributed by atoms with van der Waals surface area (Å²) in [7, 11) is 0. The van der Waals surface area contributed by atoms with Gasteiger partial charge in [0.2, 0.25) is 0 Å². The van der Waals surface area contributed by atoms with Gasteiger partial charge in [0.25, 0.3) is 0 Å². The van der Waals surface area contributed by atoms with E-state index in [9.17, 15) is 0 Å². The summed E-state index contributed by atoms with van der Waals surface area (Å²) < 4.78 is 0. The molecule has 0 fully saturated rings. The molecule has 0 spiro atoms. The molecule has 0 saturated carbocycles. The van der Waals surface area contributed by atoms with E-state index in [1.54, 1.807) is 0 Å². The highest BCUT2D eigenvalue weighted by Gasteiger charge is 2.03. The fourth-order valence-corrected chi connectivity index (χ4v) is 1.09. The molecule has 1 aliphatic heterocycles. The SMILES string of the molecule is CC1=CC(C(C)C)=CCN1. The molecule has 0 aliphatic carbocycles. The lowest BCUT2D eigenvalue weighted by atomic mass is 10.0. The largest absolute Gasteiger partial charge is 0.385 e. The Balaban J connectivity index is 2.69. The van der Waals surface area contributed by atoms with Crippen LogP contribution in [0.25, 0.3) is 0 Å². The molecule has 0 atom stereocenters. The van der Waals surface area contributed by atoms with Gasteiger partial charge in [-0.05, 0) is 24.5 Å². The predicted molar refractivity (Wildman–Crippen MR) is 44.7 cm³/mol. The average molecular weight is 137 g/mol. The standard InChI is InChI=1S/C9H15N/c1-7(2)9-4-5-10-8(3)6-9/h4,6-7,10H,5H2,1-3H3. The molecule has 56 valence electrons. The lowest BCUT2D eigenvalue weighted by molar-refractivity contribution is 0.756. The van der Waals surface area contributed by atoms with Gasteiger partial charge >= 0.3 is 0 Å². The summed E-state index contributed by atoms with van der Waals surface area (Å²) in [6.45, 7) is 7.55. The summed E-state index contributed by atoms with van der Waals surface area (Å²) in [6, 6.07) is 0. The van der Waals surface area contributed by atoms with E-state index in [0.717, 1.165) is 6.54 Å². The van der Waals surface area contributed by atoms with Crippen LogP contribution in [0.2, 0.25) is 0 Å². The van der Waals surface area contributed by atoms with Crippen LogP contribution in [0.3, 0.4) is 0 Å². The maximum absolute atomic E-state index is 3.25. The molecule has 1 N–H and O–H groups in total. The molecule has 1 rings (SSSR count). The fraction of sp³-hybridized carbons (Fsp3) is 0.556. The highest BCUT2D eigenvalue weighted by atomic mass is 14.9. The van der Waals surface area contributed by atoms with Gasteiger partial charge < -0.3 is 5.32 Å². The van der Waals surface area contributed by atoms with Crippen molar-refractivity contribution in [1.29, 1.82) is 0 Å². The Morgan fingerprint density at radius 2 is 2.20 bits per heavy atom. The molecule has 0 bridgehead atoms. The van der Waals surface area contributed by atoms with Crippen LogP contribution in [-0.2, 0) is 0 Å². The van der Waals surface area contributed by atoms with E-state index in [1.807, 2.05) is 0 Å². The van der Waals surface area contributed by atoms with E-state index in [2.05, 4.69) is 38.2 Å². The van der Waals surface area contributed by atoms with E-state index < -0.39 is 0 Å². The van der Waals surface area contributed by atoms with Crippen molar-refractivity contribution in [3.63, 3.8) is 0 Å². The molecule has 1 nitrogen and oxygen atoms in total. The summed E-state index contributed by atoms with van der Waals surface area (Å²) >= 11 is 0. The van der Waals surface area contributed by atoms with Gasteiger partial charge in [0, 0.05) is 12.2 Å². The molecule has 0 unspecified atom stereocenters. The predicted octanol–water partition coefficient (Wildman–Crippen LogP) is 2.08. The fourth-order valence-electron chi connectivity index (χ4n) is 1.09. The molecular formula is C9H15N. The van der Waals surface area contributed by atoms with Crippen LogP contribution in [0.1, 0.15) is 20.8 Å². The maximum Gasteiger partial charge on any atom is 0.0333 e. The Labute approximate surface area is 62.8 Å². The Morgan fingerprint density at radius 1 is 1.50 bits per heavy atom. The number of nitrogens with one attached hydrogen (secondary N) is 1. The van der Waals surface area contributed by atoms with Crippen molar-refractivity contribution in [3.8, 4) is 0 Å². The zero-order valence-corrected chi connectivity index (χ0v) is 6.94. The number of hydrogen-bond acceptors (Lipinski definition) is 1. The normalized spacial score (nSPS) is 18.0. The van der Waals surface area contributed by atoms with Gasteiger partial charge in [-0.25, -0.2) is 0 Å². The van der Waals surface area contributed by atoms with Crippen molar-refractivity contribution < 1.29 is 0 Å². The molecule has 1 aliphatic rings. The van der Waals surface area contributed by atoms with Crippen LogP contribution >= 0.6 is 0 Å². The van der Waals surface area contributed by atoms with Gasteiger partial charge in [-0.2, -0.15) is 0 Å². The number of allylic oxidation sites excluding steroid dienone is 3. The van der Waals surface area contributed by atoms with Crippen molar-refractivity contribution in [2.75, 3.05) is 6.54 Å². The summed E-state index contributed by atoms with van der Waals surface area (Å²) in [5.41, 5.74) is 2.74. The second-order valence-corrected chi connectivity index (χ2v) is 3.07. The first-order chi connectivity index (χ1) is 4.70. The van der Waals surface area contributed by atoms with Gasteiger partial charge in [0.15, 0.2) is 0 Å². The summed E-state index contributed by atoms with van der Waals surface area (Å²) in [6.07, 6.45) is 4.46. The van der Waals surface area contributed by atoms with Gasteiger partial charge in [-0.1, -0.05) is 19.9 Å². The van der Waals surface area contributed by atoms with Crippen LogP contribution < -0.4 is 5.32 Å². The van der Waals surface area contributed by atoms with Crippen LogP contribution in [0.5, 0.6) is 0 Å². The molecule has 1 heterocycles. The van der Waals surface area contributed by atoms with Crippen molar-refractivity contribution in [2.45, 2.75) is 20.8 Å². The van der Waals surface area contributed by atoms with Crippen LogP contribution in [0, 0.1) is 5.92 Å². The number of rotatable bonds is 1. The van der Waals surface area contributed by atoms with E-state index in [0.29, 0.717) is 5.92 Å². The molecule has 10 heavy (non-hydrogen) atoms. The topological polar surface area (TPSA) is 12.0 Å². The summed E-state index contributed by atoms with van der Waals surface area (Å²) in [5, 5.41) is 3.25. The van der Waals surface area contributed by atoms with Crippen molar-refractivity contribution in [3.05, 3.63) is 23.4 Å². The minimum Gasteiger partial charge on any atom is -0.385 e. The van der Waals surface area contributed by atoms with Crippen LogP contribution in [0.15, 0.2) is 23.4 Å². The monoisotopic (exact) mass is 137 g/mol. The number of dihydropyridines is 1. The molecule has 0 saturated heterocycles. The van der Waals surface area contributed by atoms with E-state index >= 15 is 0 Å². The van der Waals surface area contributed by atoms with Crippen LogP contribution in [-0.4, -0.2) is 6.54 Å². The van der Waals surface area contributed by atoms with Crippen LogP contribution in [0.4, 0.5) is 0 Å². The maximum atomic E-state index is 3.25. The van der Waals surface area contributed by atoms with Gasteiger partial charge in [-0.3, -0.25) is 0 Å². The van der Waals surface area contributed by atoms with Crippen molar-refractivity contribution in [1.82, 2.24) is 5.32 Å². The van der Waals surface area contributed by atoms with Gasteiger partial charge in [-0.15, -0.1) is 0 Å². The second kappa shape index (κ2) is 2.91. The van der Waals surface area contributed by atoms with E-state index in [4.69, 9.17) is 0 Å². The van der Waals surface area contributed by atoms with E-state index in [-0.39, 0.29) is 0 Å². The highest BCUT2D eigenvalue weighted by molar-refractivity contribution is 5.27. The summed E-state index contributed by atoms with van der Waals surface area (Å²) in [4.78, 5) is 0. The van der Waals surface area contributed by atoms with Gasteiger partial charge in [0.05, 0.1) is 0 Å². The molecular weight excluding hydrogens is 122 g/mol. The molecule has 0 aromatic rings. The first kappa shape index (κ1) is 7.39. The molecule has 0 aromatic carbocycles.